The van der Waals surface area contributed by atoms with Gasteiger partial charge in [0.25, 0.3) is 0 Å². The number of hydrogen-bond acceptors (Lipinski definition) is 5. The molecule has 1 saturated heterocycles. The van der Waals surface area contributed by atoms with Gasteiger partial charge in [-0.15, -0.1) is 0 Å². The molecule has 0 N–H and O–H groups in total. The van der Waals surface area contributed by atoms with Gasteiger partial charge in [-0.1, -0.05) is 19.1 Å². The van der Waals surface area contributed by atoms with Crippen LogP contribution in [-0.4, -0.2) is 41.0 Å². The zero-order valence-corrected chi connectivity index (χ0v) is 15.2. The highest BCUT2D eigenvalue weighted by atomic mass is 16.5. The number of amides is 1. The van der Waals surface area contributed by atoms with Gasteiger partial charge in [-0.2, -0.15) is 0 Å². The molecule has 2 aliphatic rings. The van der Waals surface area contributed by atoms with Crippen molar-refractivity contribution in [1.29, 1.82) is 0 Å². The van der Waals surface area contributed by atoms with Crippen molar-refractivity contribution >= 4 is 5.91 Å². The Balaban J connectivity index is 1.42. The van der Waals surface area contributed by atoms with Crippen LogP contribution in [0.4, 0.5) is 0 Å². The van der Waals surface area contributed by atoms with E-state index in [0.717, 1.165) is 41.2 Å². The summed E-state index contributed by atoms with van der Waals surface area (Å²) >= 11 is 0. The fourth-order valence-corrected chi connectivity index (χ4v) is 3.65. The summed E-state index contributed by atoms with van der Waals surface area (Å²) in [5.41, 5.74) is 2.56. The predicted octanol–water partition coefficient (Wildman–Crippen LogP) is 2.25. The number of aryl methyl sites for hydroxylation is 1. The van der Waals surface area contributed by atoms with E-state index in [4.69, 9.17) is 9.47 Å². The number of methoxy groups -OCH3 is 1. The lowest BCUT2D eigenvalue weighted by Gasteiger charge is -2.47. The van der Waals surface area contributed by atoms with Crippen molar-refractivity contribution in [2.75, 3.05) is 20.2 Å². The monoisotopic (exact) mass is 353 g/mol. The molecular weight excluding hydrogens is 330 g/mol. The third-order valence-corrected chi connectivity index (χ3v) is 5.10. The number of rotatable bonds is 5. The standard InChI is InChI=1S/C20H23N3O3/c1-3-5-18-21-10-16-17(22-18)11-26-20(16)12-23(13-20)19(24)9-14-6-4-7-15(8-14)25-2/h4,6-8,10H,3,5,9,11-13H2,1-2H3. The van der Waals surface area contributed by atoms with Gasteiger partial charge < -0.3 is 14.4 Å². The normalized spacial score (nSPS) is 17.1. The number of ether oxygens (including phenoxy) is 2. The van der Waals surface area contributed by atoms with Crippen LogP contribution in [0, 0.1) is 0 Å². The third-order valence-electron chi connectivity index (χ3n) is 5.10. The van der Waals surface area contributed by atoms with Crippen molar-refractivity contribution in [3.8, 4) is 5.75 Å². The molecule has 6 nitrogen and oxygen atoms in total. The van der Waals surface area contributed by atoms with E-state index in [-0.39, 0.29) is 5.91 Å². The Morgan fingerprint density at radius 1 is 1.38 bits per heavy atom. The number of carbonyl (C=O) groups is 1. The van der Waals surface area contributed by atoms with Gasteiger partial charge in [-0.3, -0.25) is 4.79 Å². The van der Waals surface area contributed by atoms with Gasteiger partial charge in [0.15, 0.2) is 0 Å². The highest BCUT2D eigenvalue weighted by molar-refractivity contribution is 5.80. The molecule has 26 heavy (non-hydrogen) atoms. The minimum atomic E-state index is -0.413. The first-order chi connectivity index (χ1) is 12.6. The molecule has 2 aromatic rings. The first kappa shape index (κ1) is 17.0. The summed E-state index contributed by atoms with van der Waals surface area (Å²) in [6.45, 7) is 3.76. The van der Waals surface area contributed by atoms with Gasteiger partial charge in [0.1, 0.15) is 17.2 Å². The second-order valence-corrected chi connectivity index (χ2v) is 6.96. The summed E-state index contributed by atoms with van der Waals surface area (Å²) in [7, 11) is 1.63. The summed E-state index contributed by atoms with van der Waals surface area (Å²) in [5.74, 6) is 1.74. The first-order valence-corrected chi connectivity index (χ1v) is 9.03. The second-order valence-electron chi connectivity index (χ2n) is 6.96. The van der Waals surface area contributed by atoms with E-state index < -0.39 is 5.60 Å². The highest BCUT2D eigenvalue weighted by Crippen LogP contribution is 2.42. The van der Waals surface area contributed by atoms with E-state index in [0.29, 0.717) is 26.1 Å². The zero-order chi connectivity index (χ0) is 18.1. The number of likely N-dealkylation sites (tertiary alicyclic amines) is 1. The minimum absolute atomic E-state index is 0.101. The number of hydrogen-bond donors (Lipinski definition) is 0. The highest BCUT2D eigenvalue weighted by Gasteiger charge is 2.52. The summed E-state index contributed by atoms with van der Waals surface area (Å²) < 4.78 is 11.3. The van der Waals surface area contributed by atoms with Crippen LogP contribution in [0.3, 0.4) is 0 Å². The Hall–Kier alpha value is -2.47. The molecule has 2 aliphatic heterocycles. The minimum Gasteiger partial charge on any atom is -0.497 e. The molecule has 0 unspecified atom stereocenters. The molecule has 0 atom stereocenters. The van der Waals surface area contributed by atoms with Crippen molar-refractivity contribution in [2.24, 2.45) is 0 Å². The summed E-state index contributed by atoms with van der Waals surface area (Å²) in [6.07, 6.45) is 4.17. The van der Waals surface area contributed by atoms with Crippen LogP contribution < -0.4 is 4.74 Å². The lowest BCUT2D eigenvalue weighted by Crippen LogP contribution is -2.61. The van der Waals surface area contributed by atoms with Crippen molar-refractivity contribution in [2.45, 2.75) is 38.4 Å². The maximum Gasteiger partial charge on any atom is 0.227 e. The Morgan fingerprint density at radius 2 is 2.23 bits per heavy atom. The summed E-state index contributed by atoms with van der Waals surface area (Å²) in [6, 6.07) is 7.63. The Kier molecular flexibility index (Phi) is 4.36. The van der Waals surface area contributed by atoms with E-state index in [1.54, 1.807) is 7.11 Å². The molecule has 1 aromatic heterocycles. The molecule has 1 aromatic carbocycles. The molecule has 0 aliphatic carbocycles. The van der Waals surface area contributed by atoms with Gasteiger partial charge in [0, 0.05) is 18.2 Å². The molecule has 6 heteroatoms. The Bertz CT molecular complexity index is 831. The van der Waals surface area contributed by atoms with Crippen LogP contribution in [0.1, 0.15) is 36.0 Å². The predicted molar refractivity (Wildman–Crippen MR) is 95.8 cm³/mol. The van der Waals surface area contributed by atoms with Crippen LogP contribution >= 0.6 is 0 Å². The first-order valence-electron chi connectivity index (χ1n) is 9.03. The van der Waals surface area contributed by atoms with Gasteiger partial charge >= 0.3 is 0 Å². The van der Waals surface area contributed by atoms with E-state index in [2.05, 4.69) is 16.9 Å². The van der Waals surface area contributed by atoms with Crippen LogP contribution in [0.5, 0.6) is 5.75 Å². The lowest BCUT2D eigenvalue weighted by molar-refractivity contribution is -0.168. The van der Waals surface area contributed by atoms with Crippen LogP contribution in [-0.2, 0) is 34.6 Å². The number of aromatic nitrogens is 2. The van der Waals surface area contributed by atoms with Crippen molar-refractivity contribution < 1.29 is 14.3 Å². The SMILES string of the molecule is CCCc1ncc2c(n1)COC21CN(C(=O)Cc2cccc(OC)c2)C1. The molecule has 1 spiro atoms. The van der Waals surface area contributed by atoms with Crippen molar-refractivity contribution in [3.63, 3.8) is 0 Å². The Morgan fingerprint density at radius 3 is 3.00 bits per heavy atom. The van der Waals surface area contributed by atoms with Crippen LogP contribution in [0.25, 0.3) is 0 Å². The lowest BCUT2D eigenvalue weighted by atomic mass is 9.87. The average Bonchev–Trinajstić information content (AvgIpc) is 3.00. The van der Waals surface area contributed by atoms with Crippen LogP contribution in [0.15, 0.2) is 30.5 Å². The van der Waals surface area contributed by atoms with E-state index >= 15 is 0 Å². The topological polar surface area (TPSA) is 64.6 Å². The Labute approximate surface area is 153 Å². The van der Waals surface area contributed by atoms with Crippen molar-refractivity contribution in [3.05, 3.63) is 53.1 Å². The third kappa shape index (κ3) is 2.94. The molecule has 0 radical (unpaired) electrons. The van der Waals surface area contributed by atoms with Gasteiger partial charge in [-0.25, -0.2) is 9.97 Å². The quantitative estimate of drug-likeness (QED) is 0.825. The molecule has 4 rings (SSSR count). The maximum absolute atomic E-state index is 12.6. The average molecular weight is 353 g/mol. The summed E-state index contributed by atoms with van der Waals surface area (Å²) in [4.78, 5) is 23.5. The smallest absolute Gasteiger partial charge is 0.227 e. The number of fused-ring (bicyclic) bond motifs is 2. The molecule has 3 heterocycles. The van der Waals surface area contributed by atoms with Crippen LogP contribution in [0.2, 0.25) is 0 Å². The van der Waals surface area contributed by atoms with Gasteiger partial charge in [0.05, 0.1) is 38.9 Å². The second kappa shape index (κ2) is 6.68. The van der Waals surface area contributed by atoms with E-state index in [1.807, 2.05) is 35.4 Å². The van der Waals surface area contributed by atoms with E-state index in [1.165, 1.54) is 0 Å². The largest absolute Gasteiger partial charge is 0.497 e. The number of benzene rings is 1. The molecule has 1 fully saturated rings. The fraction of sp³-hybridized carbons (Fsp3) is 0.450. The molecular formula is C20H23N3O3. The zero-order valence-electron chi connectivity index (χ0n) is 15.2. The molecule has 1 amide bonds. The van der Waals surface area contributed by atoms with Gasteiger partial charge in [0.2, 0.25) is 5.91 Å². The fourth-order valence-electron chi connectivity index (χ4n) is 3.65. The number of carbonyl (C=O) groups excluding carboxylic acids is 1. The summed E-state index contributed by atoms with van der Waals surface area (Å²) in [5, 5.41) is 0. The molecule has 136 valence electrons. The number of nitrogens with zero attached hydrogens (tertiary/aromatic N) is 3. The van der Waals surface area contributed by atoms with Gasteiger partial charge in [-0.05, 0) is 24.1 Å². The molecule has 0 saturated carbocycles. The van der Waals surface area contributed by atoms with E-state index in [9.17, 15) is 4.79 Å². The molecule has 0 bridgehead atoms. The maximum atomic E-state index is 12.6. The van der Waals surface area contributed by atoms with Crippen molar-refractivity contribution in [1.82, 2.24) is 14.9 Å².